The second kappa shape index (κ2) is 5.69. The van der Waals surface area contributed by atoms with Gasteiger partial charge in [0.05, 0.1) is 0 Å². The van der Waals surface area contributed by atoms with Crippen LogP contribution >= 0.6 is 0 Å². The van der Waals surface area contributed by atoms with E-state index in [4.69, 9.17) is 5.11 Å². The van der Waals surface area contributed by atoms with Crippen molar-refractivity contribution >= 4 is 5.97 Å². The molecule has 19 heavy (non-hydrogen) atoms. The van der Waals surface area contributed by atoms with Gasteiger partial charge >= 0.3 is 5.97 Å². The second-order valence-electron chi connectivity index (χ2n) is 4.52. The number of hydrogen-bond acceptors (Lipinski definition) is 1. The predicted molar refractivity (Wildman–Crippen MR) is 71.4 cm³/mol. The van der Waals surface area contributed by atoms with E-state index in [2.05, 4.69) is 4.57 Å². The van der Waals surface area contributed by atoms with Crippen molar-refractivity contribution in [3.8, 4) is 11.3 Å². The normalized spacial score (nSPS) is 10.6. The van der Waals surface area contributed by atoms with Crippen molar-refractivity contribution in [1.82, 2.24) is 4.57 Å². The Kier molecular flexibility index (Phi) is 4.00. The molecule has 1 aromatic heterocycles. The quantitative estimate of drug-likeness (QED) is 0.895. The molecule has 0 atom stereocenters. The molecule has 2 rings (SSSR count). The summed E-state index contributed by atoms with van der Waals surface area (Å²) in [5.74, 6) is -1.04. The fraction of sp³-hybridized carbons (Fsp3) is 0.267. The predicted octanol–water partition coefficient (Wildman–Crippen LogP) is 3.47. The average molecular weight is 261 g/mol. The number of rotatable bonds is 5. The van der Waals surface area contributed by atoms with E-state index in [-0.39, 0.29) is 12.2 Å². The van der Waals surface area contributed by atoms with Crippen LogP contribution in [0.5, 0.6) is 0 Å². The fourth-order valence-electron chi connectivity index (χ4n) is 2.13. The van der Waals surface area contributed by atoms with Crippen LogP contribution in [-0.4, -0.2) is 15.6 Å². The van der Waals surface area contributed by atoms with E-state index >= 15 is 0 Å². The molecule has 0 saturated carbocycles. The molecule has 0 fully saturated rings. The molecule has 1 heterocycles. The molecule has 0 saturated heterocycles. The molecule has 0 radical (unpaired) electrons. The minimum Gasteiger partial charge on any atom is -0.481 e. The topological polar surface area (TPSA) is 42.2 Å². The van der Waals surface area contributed by atoms with E-state index in [0.29, 0.717) is 13.0 Å². The molecule has 100 valence electrons. The van der Waals surface area contributed by atoms with Crippen LogP contribution in [0.2, 0.25) is 0 Å². The first-order valence-corrected chi connectivity index (χ1v) is 6.22. The summed E-state index contributed by atoms with van der Waals surface area (Å²) < 4.78 is 15.0. The lowest BCUT2D eigenvalue weighted by Gasteiger charge is -2.11. The van der Waals surface area contributed by atoms with Gasteiger partial charge in [0.15, 0.2) is 0 Å². The Morgan fingerprint density at radius 3 is 2.53 bits per heavy atom. The molecule has 0 amide bonds. The number of aromatic nitrogens is 1. The van der Waals surface area contributed by atoms with Crippen molar-refractivity contribution < 1.29 is 14.3 Å². The van der Waals surface area contributed by atoms with Gasteiger partial charge in [-0.05, 0) is 55.3 Å². The summed E-state index contributed by atoms with van der Waals surface area (Å²) in [7, 11) is 0. The summed E-state index contributed by atoms with van der Waals surface area (Å²) in [6.07, 6.45) is 0.736. The molecule has 0 bridgehead atoms. The van der Waals surface area contributed by atoms with Crippen LogP contribution in [0.1, 0.15) is 18.5 Å². The highest BCUT2D eigenvalue weighted by Crippen LogP contribution is 2.23. The van der Waals surface area contributed by atoms with E-state index in [9.17, 15) is 9.18 Å². The van der Waals surface area contributed by atoms with Gasteiger partial charge in [-0.1, -0.05) is 0 Å². The van der Waals surface area contributed by atoms with Crippen molar-refractivity contribution in [1.29, 1.82) is 0 Å². The molecule has 4 heteroatoms. The number of aliphatic carboxylic acids is 1. The third-order valence-corrected chi connectivity index (χ3v) is 3.11. The van der Waals surface area contributed by atoms with Crippen LogP contribution in [0, 0.1) is 12.7 Å². The van der Waals surface area contributed by atoms with E-state index in [0.717, 1.165) is 17.0 Å². The van der Waals surface area contributed by atoms with Crippen LogP contribution in [0.15, 0.2) is 36.4 Å². The zero-order valence-electron chi connectivity index (χ0n) is 10.8. The highest BCUT2D eigenvalue weighted by molar-refractivity contribution is 5.66. The summed E-state index contributed by atoms with van der Waals surface area (Å²) in [6.45, 7) is 2.63. The van der Waals surface area contributed by atoms with Gasteiger partial charge in [-0.3, -0.25) is 4.79 Å². The average Bonchev–Trinajstić information content (AvgIpc) is 2.72. The molecule has 0 aliphatic carbocycles. The summed E-state index contributed by atoms with van der Waals surface area (Å²) in [5.41, 5.74) is 3.00. The lowest BCUT2D eigenvalue weighted by atomic mass is 10.1. The number of benzene rings is 1. The third-order valence-electron chi connectivity index (χ3n) is 3.11. The molecular formula is C15H16FNO2. The number of carboxylic acids is 1. The third kappa shape index (κ3) is 3.22. The minimum absolute atomic E-state index is 0.153. The molecule has 1 aromatic carbocycles. The van der Waals surface area contributed by atoms with E-state index in [1.165, 1.54) is 12.1 Å². The van der Waals surface area contributed by atoms with Crippen molar-refractivity contribution in [3.05, 3.63) is 47.9 Å². The molecule has 0 aliphatic rings. The van der Waals surface area contributed by atoms with Crippen LogP contribution in [0.3, 0.4) is 0 Å². The zero-order valence-corrected chi connectivity index (χ0v) is 10.8. The molecule has 2 aromatic rings. The van der Waals surface area contributed by atoms with Crippen molar-refractivity contribution in [2.24, 2.45) is 0 Å². The van der Waals surface area contributed by atoms with E-state index in [1.807, 2.05) is 19.1 Å². The van der Waals surface area contributed by atoms with Crippen LogP contribution in [0.25, 0.3) is 11.3 Å². The Balaban J connectivity index is 2.21. The fourth-order valence-corrected chi connectivity index (χ4v) is 2.13. The number of carboxylic acid groups (broad SMARTS) is 1. The maximum absolute atomic E-state index is 12.9. The lowest BCUT2D eigenvalue weighted by molar-refractivity contribution is -0.137. The monoisotopic (exact) mass is 261 g/mol. The first kappa shape index (κ1) is 13.3. The SMILES string of the molecule is Cc1ccc(-c2ccc(F)cc2)n1CCCC(=O)O. The summed E-state index contributed by atoms with van der Waals surface area (Å²) >= 11 is 0. The van der Waals surface area contributed by atoms with Gasteiger partial charge in [-0.2, -0.15) is 0 Å². The number of aryl methyl sites for hydroxylation is 1. The van der Waals surface area contributed by atoms with Crippen molar-refractivity contribution in [2.75, 3.05) is 0 Å². The lowest BCUT2D eigenvalue weighted by Crippen LogP contribution is -2.05. The van der Waals surface area contributed by atoms with Gasteiger partial charge in [0.2, 0.25) is 0 Å². The first-order chi connectivity index (χ1) is 9.08. The van der Waals surface area contributed by atoms with Crippen LogP contribution in [-0.2, 0) is 11.3 Å². The Morgan fingerprint density at radius 2 is 1.89 bits per heavy atom. The highest BCUT2D eigenvalue weighted by atomic mass is 19.1. The van der Waals surface area contributed by atoms with Gasteiger partial charge in [-0.15, -0.1) is 0 Å². The van der Waals surface area contributed by atoms with Crippen molar-refractivity contribution in [3.63, 3.8) is 0 Å². The highest BCUT2D eigenvalue weighted by Gasteiger charge is 2.08. The molecule has 0 aliphatic heterocycles. The summed E-state index contributed by atoms with van der Waals surface area (Å²) in [5, 5.41) is 8.68. The molecule has 0 unspecified atom stereocenters. The van der Waals surface area contributed by atoms with Crippen molar-refractivity contribution in [2.45, 2.75) is 26.3 Å². The van der Waals surface area contributed by atoms with E-state index in [1.54, 1.807) is 12.1 Å². The first-order valence-electron chi connectivity index (χ1n) is 6.22. The molecule has 0 spiro atoms. The van der Waals surface area contributed by atoms with Crippen LogP contribution < -0.4 is 0 Å². The standard InChI is InChI=1S/C15H16FNO2/c1-11-4-9-14(12-5-7-13(16)8-6-12)17(11)10-2-3-15(18)19/h4-9H,2-3,10H2,1H3,(H,18,19). The zero-order chi connectivity index (χ0) is 13.8. The van der Waals surface area contributed by atoms with Crippen LogP contribution in [0.4, 0.5) is 4.39 Å². The van der Waals surface area contributed by atoms with Gasteiger partial charge in [0, 0.05) is 24.4 Å². The summed E-state index contributed by atoms with van der Waals surface area (Å²) in [4.78, 5) is 10.6. The number of halogens is 1. The molecule has 1 N–H and O–H groups in total. The Morgan fingerprint density at radius 1 is 1.21 bits per heavy atom. The molecular weight excluding hydrogens is 245 g/mol. The summed E-state index contributed by atoms with van der Waals surface area (Å²) in [6, 6.07) is 10.3. The van der Waals surface area contributed by atoms with E-state index < -0.39 is 5.97 Å². The molecule has 3 nitrogen and oxygen atoms in total. The maximum atomic E-state index is 12.9. The van der Waals surface area contributed by atoms with Gasteiger partial charge in [0.1, 0.15) is 5.82 Å². The second-order valence-corrected chi connectivity index (χ2v) is 4.52. The number of carbonyl (C=O) groups is 1. The Hall–Kier alpha value is -2.10. The van der Waals surface area contributed by atoms with Gasteiger partial charge in [-0.25, -0.2) is 4.39 Å². The largest absolute Gasteiger partial charge is 0.481 e. The van der Waals surface area contributed by atoms with Gasteiger partial charge in [0.25, 0.3) is 0 Å². The number of nitrogens with zero attached hydrogens (tertiary/aromatic N) is 1. The number of hydrogen-bond donors (Lipinski definition) is 1. The van der Waals surface area contributed by atoms with Gasteiger partial charge < -0.3 is 9.67 Å². The minimum atomic E-state index is -0.784. The smallest absolute Gasteiger partial charge is 0.303 e. The maximum Gasteiger partial charge on any atom is 0.303 e. The Bertz CT molecular complexity index is 572. The Labute approximate surface area is 111 Å².